The van der Waals surface area contributed by atoms with Crippen LogP contribution < -0.4 is 0 Å². The van der Waals surface area contributed by atoms with Crippen molar-refractivity contribution in [1.82, 2.24) is 10.1 Å². The Balaban J connectivity index is 1.96. The van der Waals surface area contributed by atoms with E-state index in [4.69, 9.17) is 5.11 Å². The molecular weight excluding hydrogens is 184 g/mol. The summed E-state index contributed by atoms with van der Waals surface area (Å²) in [6.07, 6.45) is 1.92. The van der Waals surface area contributed by atoms with Gasteiger partial charge < -0.3 is 14.5 Å². The lowest BCUT2D eigenvalue weighted by atomic mass is 10.1. The van der Waals surface area contributed by atoms with Gasteiger partial charge in [-0.05, 0) is 0 Å². The Labute approximate surface area is 81.3 Å². The highest BCUT2D eigenvalue weighted by atomic mass is 16.5. The molecule has 1 amide bonds. The van der Waals surface area contributed by atoms with E-state index in [9.17, 15) is 4.79 Å². The number of aliphatic hydroxyl groups excluding tert-OH is 1. The summed E-state index contributed by atoms with van der Waals surface area (Å²) < 4.78 is 4.68. The van der Waals surface area contributed by atoms with Crippen molar-refractivity contribution in [3.05, 3.63) is 18.0 Å². The van der Waals surface area contributed by atoms with Gasteiger partial charge in [-0.25, -0.2) is 0 Å². The van der Waals surface area contributed by atoms with Crippen LogP contribution >= 0.6 is 0 Å². The van der Waals surface area contributed by atoms with E-state index in [1.807, 2.05) is 0 Å². The van der Waals surface area contributed by atoms with Gasteiger partial charge in [0.1, 0.15) is 12.0 Å². The number of rotatable bonds is 3. The molecule has 1 aliphatic rings. The summed E-state index contributed by atoms with van der Waals surface area (Å²) >= 11 is 0. The molecule has 1 fully saturated rings. The minimum atomic E-state index is 0.0705. The Kier molecular flexibility index (Phi) is 2.49. The quantitative estimate of drug-likeness (QED) is 0.739. The number of hydrogen-bond acceptors (Lipinski definition) is 4. The van der Waals surface area contributed by atoms with Crippen molar-refractivity contribution in [2.24, 2.45) is 5.92 Å². The molecule has 14 heavy (non-hydrogen) atoms. The fourth-order valence-corrected chi connectivity index (χ4v) is 1.64. The van der Waals surface area contributed by atoms with E-state index in [0.717, 1.165) is 5.69 Å². The molecule has 5 nitrogen and oxygen atoms in total. The standard InChI is InChI=1S/C9H12N2O3/c12-6-7-3-9(13)11(4-7)5-8-1-2-14-10-8/h1-2,7,12H,3-6H2. The summed E-state index contributed by atoms with van der Waals surface area (Å²) in [4.78, 5) is 13.1. The predicted molar refractivity (Wildman–Crippen MR) is 47.1 cm³/mol. The lowest BCUT2D eigenvalue weighted by Crippen LogP contribution is -2.25. The average molecular weight is 196 g/mol. The van der Waals surface area contributed by atoms with Crippen molar-refractivity contribution in [2.45, 2.75) is 13.0 Å². The fourth-order valence-electron chi connectivity index (χ4n) is 1.64. The molecule has 5 heteroatoms. The number of nitrogens with zero attached hydrogens (tertiary/aromatic N) is 2. The molecular formula is C9H12N2O3. The van der Waals surface area contributed by atoms with Crippen LogP contribution in [0.4, 0.5) is 0 Å². The van der Waals surface area contributed by atoms with Crippen molar-refractivity contribution in [3.63, 3.8) is 0 Å². The number of likely N-dealkylation sites (tertiary alicyclic amines) is 1. The smallest absolute Gasteiger partial charge is 0.223 e. The lowest BCUT2D eigenvalue weighted by Gasteiger charge is -2.13. The molecule has 0 radical (unpaired) electrons. The summed E-state index contributed by atoms with van der Waals surface area (Å²) in [6.45, 7) is 1.16. The van der Waals surface area contributed by atoms with E-state index < -0.39 is 0 Å². The third-order valence-corrected chi connectivity index (χ3v) is 2.40. The van der Waals surface area contributed by atoms with E-state index >= 15 is 0 Å². The van der Waals surface area contributed by atoms with Crippen molar-refractivity contribution < 1.29 is 14.4 Å². The maximum atomic E-state index is 11.4. The van der Waals surface area contributed by atoms with E-state index in [2.05, 4.69) is 9.68 Å². The second-order valence-corrected chi connectivity index (χ2v) is 3.52. The van der Waals surface area contributed by atoms with Crippen LogP contribution in [0.25, 0.3) is 0 Å². The highest BCUT2D eigenvalue weighted by Gasteiger charge is 2.29. The zero-order chi connectivity index (χ0) is 9.97. The molecule has 1 saturated heterocycles. The van der Waals surface area contributed by atoms with Crippen LogP contribution in [0.3, 0.4) is 0 Å². The molecule has 2 heterocycles. The van der Waals surface area contributed by atoms with Crippen LogP contribution in [-0.4, -0.2) is 34.2 Å². The largest absolute Gasteiger partial charge is 0.396 e. The topological polar surface area (TPSA) is 66.6 Å². The molecule has 1 aromatic rings. The number of aliphatic hydroxyl groups is 1. The number of hydrogen-bond donors (Lipinski definition) is 1. The van der Waals surface area contributed by atoms with Crippen LogP contribution in [0.1, 0.15) is 12.1 Å². The fraction of sp³-hybridized carbons (Fsp3) is 0.556. The second kappa shape index (κ2) is 3.79. The first-order valence-electron chi connectivity index (χ1n) is 4.57. The molecule has 1 unspecified atom stereocenters. The monoisotopic (exact) mass is 196 g/mol. The predicted octanol–water partition coefficient (Wildman–Crippen LogP) is 0.0154. The van der Waals surface area contributed by atoms with Gasteiger partial charge in [0.05, 0.1) is 6.54 Å². The lowest BCUT2D eigenvalue weighted by molar-refractivity contribution is -0.128. The van der Waals surface area contributed by atoms with Crippen LogP contribution in [-0.2, 0) is 11.3 Å². The number of carbonyl (C=O) groups is 1. The van der Waals surface area contributed by atoms with Gasteiger partial charge in [0.25, 0.3) is 0 Å². The van der Waals surface area contributed by atoms with Crippen LogP contribution in [0.5, 0.6) is 0 Å². The van der Waals surface area contributed by atoms with Crippen molar-refractivity contribution >= 4 is 5.91 Å². The Morgan fingerprint density at radius 2 is 2.57 bits per heavy atom. The van der Waals surface area contributed by atoms with E-state index in [1.54, 1.807) is 11.0 Å². The van der Waals surface area contributed by atoms with Gasteiger partial charge in [0.15, 0.2) is 0 Å². The van der Waals surface area contributed by atoms with Crippen LogP contribution in [0.2, 0.25) is 0 Å². The molecule has 2 rings (SSSR count). The van der Waals surface area contributed by atoms with Gasteiger partial charge in [0, 0.05) is 31.6 Å². The summed E-state index contributed by atoms with van der Waals surface area (Å²) in [5, 5.41) is 12.6. The molecule has 76 valence electrons. The molecule has 0 saturated carbocycles. The van der Waals surface area contributed by atoms with Crippen LogP contribution in [0, 0.1) is 5.92 Å². The maximum Gasteiger partial charge on any atom is 0.223 e. The van der Waals surface area contributed by atoms with Gasteiger partial charge in [0.2, 0.25) is 5.91 Å². The average Bonchev–Trinajstić information content (AvgIpc) is 2.78. The summed E-state index contributed by atoms with van der Waals surface area (Å²) in [6, 6.07) is 1.74. The Hall–Kier alpha value is -1.36. The normalized spacial score (nSPS) is 21.9. The van der Waals surface area contributed by atoms with Gasteiger partial charge in [-0.15, -0.1) is 0 Å². The van der Waals surface area contributed by atoms with Gasteiger partial charge in [-0.1, -0.05) is 5.16 Å². The Morgan fingerprint density at radius 1 is 1.71 bits per heavy atom. The van der Waals surface area contributed by atoms with E-state index in [1.165, 1.54) is 6.26 Å². The van der Waals surface area contributed by atoms with Crippen molar-refractivity contribution in [2.75, 3.05) is 13.2 Å². The summed E-state index contributed by atoms with van der Waals surface area (Å²) in [5.74, 6) is 0.154. The van der Waals surface area contributed by atoms with E-state index in [0.29, 0.717) is 19.5 Å². The first-order chi connectivity index (χ1) is 6.79. The molecule has 1 aliphatic heterocycles. The Bertz CT molecular complexity index is 310. The SMILES string of the molecule is O=C1CC(CO)CN1Cc1ccon1. The third-order valence-electron chi connectivity index (χ3n) is 2.40. The van der Waals surface area contributed by atoms with Crippen molar-refractivity contribution in [3.8, 4) is 0 Å². The molecule has 1 atom stereocenters. The zero-order valence-corrected chi connectivity index (χ0v) is 7.72. The van der Waals surface area contributed by atoms with Gasteiger partial charge >= 0.3 is 0 Å². The number of carbonyl (C=O) groups excluding carboxylic acids is 1. The summed E-state index contributed by atoms with van der Waals surface area (Å²) in [5.41, 5.74) is 0.747. The highest BCUT2D eigenvalue weighted by molar-refractivity contribution is 5.78. The molecule has 0 spiro atoms. The first kappa shape index (κ1) is 9.21. The molecule has 1 aromatic heterocycles. The minimum Gasteiger partial charge on any atom is -0.396 e. The van der Waals surface area contributed by atoms with Gasteiger partial charge in [-0.2, -0.15) is 0 Å². The van der Waals surface area contributed by atoms with Crippen molar-refractivity contribution in [1.29, 1.82) is 0 Å². The van der Waals surface area contributed by atoms with E-state index in [-0.39, 0.29) is 18.4 Å². The highest BCUT2D eigenvalue weighted by Crippen LogP contribution is 2.18. The zero-order valence-electron chi connectivity index (χ0n) is 7.72. The second-order valence-electron chi connectivity index (χ2n) is 3.52. The number of aromatic nitrogens is 1. The Morgan fingerprint density at radius 3 is 3.14 bits per heavy atom. The molecule has 0 aromatic carbocycles. The van der Waals surface area contributed by atoms with Gasteiger partial charge in [-0.3, -0.25) is 4.79 Å². The maximum absolute atomic E-state index is 11.4. The minimum absolute atomic E-state index is 0.0705. The molecule has 0 aliphatic carbocycles. The number of amides is 1. The summed E-state index contributed by atoms with van der Waals surface area (Å²) in [7, 11) is 0. The molecule has 0 bridgehead atoms. The third kappa shape index (κ3) is 1.77. The molecule has 1 N–H and O–H groups in total. The van der Waals surface area contributed by atoms with Crippen LogP contribution in [0.15, 0.2) is 16.9 Å². The first-order valence-corrected chi connectivity index (χ1v) is 4.57.